The highest BCUT2D eigenvalue weighted by atomic mass is 32.2. The van der Waals surface area contributed by atoms with Gasteiger partial charge in [0.15, 0.2) is 0 Å². The summed E-state index contributed by atoms with van der Waals surface area (Å²) in [6, 6.07) is 6.52. The molecule has 0 aliphatic carbocycles. The molecule has 1 N–H and O–H groups in total. The monoisotopic (exact) mass is 293 g/mol. The number of hydrogen-bond acceptors (Lipinski definition) is 4. The van der Waals surface area contributed by atoms with Crippen LogP contribution in [0.4, 0.5) is 0 Å². The molecule has 0 aromatic heterocycles. The quantitative estimate of drug-likeness (QED) is 0.841. The number of carboxylic acid groups (broad SMARTS) is 1. The van der Waals surface area contributed by atoms with Crippen LogP contribution in [0.15, 0.2) is 29.2 Å². The van der Waals surface area contributed by atoms with Crippen LogP contribution >= 0.6 is 11.8 Å². The van der Waals surface area contributed by atoms with Gasteiger partial charge in [-0.05, 0) is 18.6 Å². The normalized spacial score (nSPS) is 18.6. The molecular weight excluding hydrogens is 278 g/mol. The highest BCUT2D eigenvalue weighted by Crippen LogP contribution is 2.33. The Bertz CT molecular complexity index is 558. The van der Waals surface area contributed by atoms with Gasteiger partial charge < -0.3 is 5.11 Å². The van der Waals surface area contributed by atoms with Gasteiger partial charge in [-0.3, -0.25) is 14.5 Å². The standard InChI is InChI=1S/C14H15NO4S/c1-2-7-15-12(16)8-11(13(15)17)20-10-6-4-3-5-9(10)14(18)19/h3-6,11H,2,7-8H2,1H3,(H,18,19)/t11-/m1/s1. The Morgan fingerprint density at radius 3 is 2.75 bits per heavy atom. The zero-order valence-corrected chi connectivity index (χ0v) is 11.9. The Hall–Kier alpha value is -1.82. The third kappa shape index (κ3) is 2.85. The highest BCUT2D eigenvalue weighted by Gasteiger charge is 2.38. The number of hydrogen-bond donors (Lipinski definition) is 1. The minimum absolute atomic E-state index is 0.136. The molecule has 0 unspecified atom stereocenters. The number of carbonyl (C=O) groups excluding carboxylic acids is 2. The minimum atomic E-state index is -1.03. The lowest BCUT2D eigenvalue weighted by Crippen LogP contribution is -2.31. The van der Waals surface area contributed by atoms with Crippen LogP contribution in [0.25, 0.3) is 0 Å². The number of carbonyl (C=O) groups is 3. The molecule has 0 bridgehead atoms. The molecule has 1 fully saturated rings. The maximum absolute atomic E-state index is 12.1. The van der Waals surface area contributed by atoms with E-state index < -0.39 is 11.2 Å². The Labute approximate surface area is 121 Å². The maximum Gasteiger partial charge on any atom is 0.336 e. The second kappa shape index (κ2) is 6.09. The van der Waals surface area contributed by atoms with Gasteiger partial charge in [0.25, 0.3) is 0 Å². The van der Waals surface area contributed by atoms with Crippen LogP contribution < -0.4 is 0 Å². The lowest BCUT2D eigenvalue weighted by Gasteiger charge is -2.13. The molecule has 1 aromatic rings. The molecule has 1 aliphatic rings. The summed E-state index contributed by atoms with van der Waals surface area (Å²) < 4.78 is 0. The zero-order chi connectivity index (χ0) is 14.7. The van der Waals surface area contributed by atoms with Gasteiger partial charge in [-0.2, -0.15) is 0 Å². The molecule has 1 atom stereocenters. The van der Waals surface area contributed by atoms with Crippen LogP contribution in [0, 0.1) is 0 Å². The fourth-order valence-corrected chi connectivity index (χ4v) is 3.30. The molecule has 0 spiro atoms. The lowest BCUT2D eigenvalue weighted by atomic mass is 10.2. The second-order valence-electron chi connectivity index (χ2n) is 4.50. The number of imide groups is 1. The van der Waals surface area contributed by atoms with Gasteiger partial charge in [-0.1, -0.05) is 19.1 Å². The zero-order valence-electron chi connectivity index (χ0n) is 11.0. The topological polar surface area (TPSA) is 74.7 Å². The number of nitrogens with zero attached hydrogens (tertiary/aromatic N) is 1. The molecule has 1 saturated heterocycles. The van der Waals surface area contributed by atoms with E-state index in [4.69, 9.17) is 5.11 Å². The summed E-state index contributed by atoms with van der Waals surface area (Å²) in [5, 5.41) is 8.60. The fourth-order valence-electron chi connectivity index (χ4n) is 2.10. The van der Waals surface area contributed by atoms with Gasteiger partial charge in [-0.25, -0.2) is 4.79 Å². The second-order valence-corrected chi connectivity index (χ2v) is 5.74. The van der Waals surface area contributed by atoms with E-state index in [0.29, 0.717) is 11.4 Å². The highest BCUT2D eigenvalue weighted by molar-refractivity contribution is 8.00. The number of rotatable bonds is 5. The summed E-state index contributed by atoms with van der Waals surface area (Å²) in [7, 11) is 0. The predicted molar refractivity (Wildman–Crippen MR) is 74.7 cm³/mol. The van der Waals surface area contributed by atoms with E-state index in [1.807, 2.05) is 6.92 Å². The van der Waals surface area contributed by atoms with Crippen molar-refractivity contribution in [3.8, 4) is 0 Å². The Kier molecular flexibility index (Phi) is 4.44. The summed E-state index contributed by atoms with van der Waals surface area (Å²) in [5.41, 5.74) is 0.159. The van der Waals surface area contributed by atoms with Gasteiger partial charge in [0.1, 0.15) is 0 Å². The summed E-state index contributed by atoms with van der Waals surface area (Å²) in [5.74, 6) is -1.43. The molecule has 1 aromatic carbocycles. The van der Waals surface area contributed by atoms with Crippen molar-refractivity contribution in [2.24, 2.45) is 0 Å². The van der Waals surface area contributed by atoms with Crippen molar-refractivity contribution in [3.05, 3.63) is 29.8 Å². The Balaban J connectivity index is 2.18. The predicted octanol–water partition coefficient (Wildman–Crippen LogP) is 2.01. The Morgan fingerprint density at radius 1 is 1.40 bits per heavy atom. The first-order valence-corrected chi connectivity index (χ1v) is 7.25. The number of carboxylic acids is 1. The van der Waals surface area contributed by atoms with Crippen LogP contribution in [0.2, 0.25) is 0 Å². The molecule has 1 heterocycles. The van der Waals surface area contributed by atoms with E-state index in [1.165, 1.54) is 11.0 Å². The molecule has 1 aliphatic heterocycles. The summed E-state index contributed by atoms with van der Waals surface area (Å²) >= 11 is 1.15. The molecule has 0 radical (unpaired) electrons. The average molecular weight is 293 g/mol. The first-order valence-electron chi connectivity index (χ1n) is 6.37. The summed E-state index contributed by atoms with van der Waals surface area (Å²) in [4.78, 5) is 36.8. The molecule has 0 saturated carbocycles. The van der Waals surface area contributed by atoms with E-state index in [2.05, 4.69) is 0 Å². The first-order chi connectivity index (χ1) is 9.54. The van der Waals surface area contributed by atoms with Crippen molar-refractivity contribution < 1.29 is 19.5 Å². The van der Waals surface area contributed by atoms with Crippen molar-refractivity contribution in [1.82, 2.24) is 4.90 Å². The van der Waals surface area contributed by atoms with Crippen molar-refractivity contribution in [2.45, 2.75) is 29.9 Å². The van der Waals surface area contributed by atoms with Crippen LogP contribution in [-0.2, 0) is 9.59 Å². The number of amides is 2. The SMILES string of the molecule is CCCN1C(=O)C[C@@H](Sc2ccccc2C(=O)O)C1=O. The molecule has 6 heteroatoms. The van der Waals surface area contributed by atoms with Gasteiger partial charge in [0.05, 0.1) is 10.8 Å². The number of aromatic carboxylic acids is 1. The molecule has 20 heavy (non-hydrogen) atoms. The first kappa shape index (κ1) is 14.6. The fraction of sp³-hybridized carbons (Fsp3) is 0.357. The lowest BCUT2D eigenvalue weighted by molar-refractivity contribution is -0.138. The van der Waals surface area contributed by atoms with E-state index >= 15 is 0 Å². The summed E-state index contributed by atoms with van der Waals surface area (Å²) in [6.45, 7) is 2.33. The smallest absolute Gasteiger partial charge is 0.336 e. The average Bonchev–Trinajstić information content (AvgIpc) is 2.67. The van der Waals surface area contributed by atoms with E-state index in [9.17, 15) is 14.4 Å². The largest absolute Gasteiger partial charge is 0.478 e. The Morgan fingerprint density at radius 2 is 2.10 bits per heavy atom. The number of thioether (sulfide) groups is 1. The molecular formula is C14H15NO4S. The summed E-state index contributed by atoms with van der Waals surface area (Å²) in [6.07, 6.45) is 0.859. The van der Waals surface area contributed by atoms with Crippen molar-refractivity contribution in [1.29, 1.82) is 0 Å². The van der Waals surface area contributed by atoms with Crippen LogP contribution in [0.1, 0.15) is 30.1 Å². The minimum Gasteiger partial charge on any atom is -0.478 e. The molecule has 106 valence electrons. The third-order valence-electron chi connectivity index (χ3n) is 3.04. The van der Waals surface area contributed by atoms with Gasteiger partial charge in [-0.15, -0.1) is 11.8 Å². The van der Waals surface area contributed by atoms with Crippen molar-refractivity contribution in [2.75, 3.05) is 6.54 Å². The van der Waals surface area contributed by atoms with Crippen LogP contribution in [0.5, 0.6) is 0 Å². The van der Waals surface area contributed by atoms with Crippen LogP contribution in [0.3, 0.4) is 0 Å². The third-order valence-corrected chi connectivity index (χ3v) is 4.30. The van der Waals surface area contributed by atoms with E-state index in [1.54, 1.807) is 18.2 Å². The van der Waals surface area contributed by atoms with Crippen molar-refractivity contribution in [3.63, 3.8) is 0 Å². The van der Waals surface area contributed by atoms with Crippen LogP contribution in [-0.4, -0.2) is 39.6 Å². The van der Waals surface area contributed by atoms with Crippen molar-refractivity contribution >= 4 is 29.5 Å². The van der Waals surface area contributed by atoms with E-state index in [-0.39, 0.29) is 23.8 Å². The van der Waals surface area contributed by atoms with Gasteiger partial charge in [0, 0.05) is 17.9 Å². The molecule has 5 nitrogen and oxygen atoms in total. The van der Waals surface area contributed by atoms with Gasteiger partial charge in [0.2, 0.25) is 11.8 Å². The van der Waals surface area contributed by atoms with Gasteiger partial charge >= 0.3 is 5.97 Å². The van der Waals surface area contributed by atoms with E-state index in [0.717, 1.165) is 18.2 Å². The number of likely N-dealkylation sites (tertiary alicyclic amines) is 1. The maximum atomic E-state index is 12.1. The molecule has 2 rings (SSSR count). The molecule has 2 amide bonds. The number of benzene rings is 1.